The first-order valence-corrected chi connectivity index (χ1v) is 11.0. The van der Waals surface area contributed by atoms with E-state index in [1.807, 2.05) is 18.2 Å². The van der Waals surface area contributed by atoms with Crippen LogP contribution in [0.25, 0.3) is 0 Å². The van der Waals surface area contributed by atoms with Crippen molar-refractivity contribution in [1.29, 1.82) is 0 Å². The predicted octanol–water partition coefficient (Wildman–Crippen LogP) is 5.06. The molecule has 0 radical (unpaired) electrons. The minimum atomic E-state index is -4.41. The summed E-state index contributed by atoms with van der Waals surface area (Å²) >= 11 is 6.21. The van der Waals surface area contributed by atoms with Gasteiger partial charge in [-0.15, -0.1) is 0 Å². The van der Waals surface area contributed by atoms with Crippen molar-refractivity contribution in [3.05, 3.63) is 52.1 Å². The molecule has 0 bridgehead atoms. The van der Waals surface area contributed by atoms with Gasteiger partial charge in [-0.1, -0.05) is 23.7 Å². The fourth-order valence-electron chi connectivity index (χ4n) is 5.04. The van der Waals surface area contributed by atoms with E-state index in [4.69, 9.17) is 11.6 Å². The summed E-state index contributed by atoms with van der Waals surface area (Å²) in [7, 11) is 2.12. The number of nitrogens with one attached hydrogen (secondary N) is 1. The smallest absolute Gasteiger partial charge is 0.324 e. The third-order valence-corrected chi connectivity index (χ3v) is 6.59. The molecule has 2 aliphatic rings. The van der Waals surface area contributed by atoms with Gasteiger partial charge in [0.1, 0.15) is 0 Å². The van der Waals surface area contributed by atoms with Crippen LogP contribution >= 0.6 is 11.6 Å². The van der Waals surface area contributed by atoms with Gasteiger partial charge in [0.15, 0.2) is 0 Å². The molecule has 164 valence electrons. The number of alkyl halides is 3. The Morgan fingerprint density at radius 2 is 2.03 bits per heavy atom. The van der Waals surface area contributed by atoms with Crippen molar-refractivity contribution in [2.45, 2.75) is 57.4 Å². The Hall–Kier alpha value is -1.57. The molecule has 0 amide bonds. The zero-order valence-corrected chi connectivity index (χ0v) is 17.9. The van der Waals surface area contributed by atoms with Crippen LogP contribution in [0.2, 0.25) is 5.02 Å². The predicted molar refractivity (Wildman–Crippen MR) is 111 cm³/mol. The SMILES string of the molecule is CN1CCCC(CNCc2nc(C(F)(F)F)n3c2CCCC3)C1c1cccc(Cl)c1. The number of piperidine rings is 1. The molecule has 2 aromatic rings. The molecule has 2 unspecified atom stereocenters. The number of fused-ring (bicyclic) bond motifs is 1. The van der Waals surface area contributed by atoms with Crippen molar-refractivity contribution in [2.24, 2.45) is 5.92 Å². The summed E-state index contributed by atoms with van der Waals surface area (Å²) in [4.78, 5) is 6.35. The van der Waals surface area contributed by atoms with Crippen molar-refractivity contribution in [1.82, 2.24) is 19.8 Å². The normalized spacial score (nSPS) is 22.8. The molecule has 0 saturated carbocycles. The third kappa shape index (κ3) is 4.53. The summed E-state index contributed by atoms with van der Waals surface area (Å²) in [5.41, 5.74) is 2.48. The van der Waals surface area contributed by atoms with Gasteiger partial charge in [-0.05, 0) is 69.3 Å². The van der Waals surface area contributed by atoms with Crippen LogP contribution in [0.15, 0.2) is 24.3 Å². The maximum absolute atomic E-state index is 13.4. The van der Waals surface area contributed by atoms with Gasteiger partial charge in [-0.2, -0.15) is 13.2 Å². The highest BCUT2D eigenvalue weighted by atomic mass is 35.5. The van der Waals surface area contributed by atoms with E-state index in [1.165, 1.54) is 10.1 Å². The monoisotopic (exact) mass is 440 g/mol. The molecule has 1 fully saturated rings. The number of hydrogen-bond donors (Lipinski definition) is 1. The molecule has 3 heterocycles. The van der Waals surface area contributed by atoms with E-state index >= 15 is 0 Å². The molecule has 4 nitrogen and oxygen atoms in total. The van der Waals surface area contributed by atoms with Crippen LogP contribution in [-0.2, 0) is 25.7 Å². The van der Waals surface area contributed by atoms with Crippen molar-refractivity contribution in [2.75, 3.05) is 20.1 Å². The topological polar surface area (TPSA) is 33.1 Å². The average molecular weight is 441 g/mol. The first-order chi connectivity index (χ1) is 14.3. The van der Waals surface area contributed by atoms with Crippen LogP contribution in [0.3, 0.4) is 0 Å². The molecular weight excluding hydrogens is 413 g/mol. The highest BCUT2D eigenvalue weighted by Gasteiger charge is 2.39. The minimum Gasteiger partial charge on any atom is -0.324 e. The Morgan fingerprint density at radius 3 is 2.80 bits per heavy atom. The summed E-state index contributed by atoms with van der Waals surface area (Å²) in [6.45, 7) is 2.53. The zero-order valence-electron chi connectivity index (χ0n) is 17.2. The second-order valence-electron chi connectivity index (χ2n) is 8.45. The Kier molecular flexibility index (Phi) is 6.42. The standard InChI is InChI=1S/C22H28ClF3N4/c1-29-10-5-7-16(20(29)15-6-4-8-17(23)12-15)13-27-14-18-19-9-2-3-11-30(19)21(28-18)22(24,25)26/h4,6,8,12,16,20,27H,2-3,5,7,9-11,13-14H2,1H3. The molecule has 8 heteroatoms. The number of rotatable bonds is 5. The number of likely N-dealkylation sites (tertiary alicyclic amines) is 1. The lowest BCUT2D eigenvalue weighted by Crippen LogP contribution is -2.40. The molecule has 1 N–H and O–H groups in total. The number of hydrogen-bond acceptors (Lipinski definition) is 3. The Bertz CT molecular complexity index is 880. The van der Waals surface area contributed by atoms with Crippen molar-refractivity contribution in [3.63, 3.8) is 0 Å². The fraction of sp³-hybridized carbons (Fsp3) is 0.591. The summed E-state index contributed by atoms with van der Waals surface area (Å²) < 4.78 is 41.6. The summed E-state index contributed by atoms with van der Waals surface area (Å²) in [6, 6.07) is 8.21. The van der Waals surface area contributed by atoms with E-state index in [-0.39, 0.29) is 6.04 Å². The fourth-order valence-corrected chi connectivity index (χ4v) is 5.24. The van der Waals surface area contributed by atoms with E-state index < -0.39 is 12.0 Å². The second-order valence-corrected chi connectivity index (χ2v) is 8.89. The van der Waals surface area contributed by atoms with Gasteiger partial charge in [0.2, 0.25) is 5.82 Å². The summed E-state index contributed by atoms with van der Waals surface area (Å²) in [5.74, 6) is -0.383. The number of nitrogens with zero attached hydrogens (tertiary/aromatic N) is 3. The number of benzene rings is 1. The first-order valence-electron chi connectivity index (χ1n) is 10.7. The first kappa shape index (κ1) is 21.7. The highest BCUT2D eigenvalue weighted by Crippen LogP contribution is 2.36. The van der Waals surface area contributed by atoms with Crippen LogP contribution in [-0.4, -0.2) is 34.6 Å². The number of aromatic nitrogens is 2. The van der Waals surface area contributed by atoms with E-state index in [0.29, 0.717) is 31.1 Å². The van der Waals surface area contributed by atoms with E-state index in [1.54, 1.807) is 0 Å². The van der Waals surface area contributed by atoms with E-state index in [2.05, 4.69) is 28.3 Å². The van der Waals surface area contributed by atoms with Gasteiger partial charge in [-0.25, -0.2) is 4.98 Å². The maximum Gasteiger partial charge on any atom is 0.449 e. The molecular formula is C22H28ClF3N4. The van der Waals surface area contributed by atoms with Gasteiger partial charge >= 0.3 is 6.18 Å². The summed E-state index contributed by atoms with van der Waals surface area (Å²) in [6.07, 6.45) is 0.127. The van der Waals surface area contributed by atoms with E-state index in [9.17, 15) is 13.2 Å². The lowest BCUT2D eigenvalue weighted by Gasteiger charge is -2.40. The molecule has 0 aliphatic carbocycles. The van der Waals surface area contributed by atoms with Crippen molar-refractivity contribution in [3.8, 4) is 0 Å². The van der Waals surface area contributed by atoms with Gasteiger partial charge < -0.3 is 9.88 Å². The van der Waals surface area contributed by atoms with Crippen LogP contribution < -0.4 is 5.32 Å². The third-order valence-electron chi connectivity index (χ3n) is 6.35. The van der Waals surface area contributed by atoms with Crippen LogP contribution in [0.1, 0.15) is 54.5 Å². The molecule has 30 heavy (non-hydrogen) atoms. The number of imidazole rings is 1. The van der Waals surface area contributed by atoms with Crippen LogP contribution in [0.5, 0.6) is 0 Å². The minimum absolute atomic E-state index is 0.242. The Balaban J connectivity index is 1.47. The van der Waals surface area contributed by atoms with Crippen LogP contribution in [0.4, 0.5) is 13.2 Å². The van der Waals surface area contributed by atoms with Gasteiger partial charge in [0, 0.05) is 36.4 Å². The molecule has 2 aliphatic heterocycles. The van der Waals surface area contributed by atoms with Gasteiger partial charge in [0.25, 0.3) is 0 Å². The molecule has 0 spiro atoms. The zero-order chi connectivity index (χ0) is 21.3. The average Bonchev–Trinajstić information content (AvgIpc) is 3.07. The molecule has 1 saturated heterocycles. The molecule has 1 aromatic heterocycles. The molecule has 2 atom stereocenters. The summed E-state index contributed by atoms with van der Waals surface area (Å²) in [5, 5.41) is 4.14. The lowest BCUT2D eigenvalue weighted by molar-refractivity contribution is -0.147. The van der Waals surface area contributed by atoms with Gasteiger partial charge in [-0.3, -0.25) is 4.90 Å². The Morgan fingerprint density at radius 1 is 1.20 bits per heavy atom. The van der Waals surface area contributed by atoms with Crippen molar-refractivity contribution < 1.29 is 13.2 Å². The lowest BCUT2D eigenvalue weighted by atomic mass is 9.85. The second kappa shape index (κ2) is 8.89. The Labute approximate surface area is 180 Å². The molecule has 1 aromatic carbocycles. The van der Waals surface area contributed by atoms with Crippen molar-refractivity contribution >= 4 is 11.6 Å². The maximum atomic E-state index is 13.4. The van der Waals surface area contributed by atoms with Crippen LogP contribution in [0, 0.1) is 5.92 Å². The number of halogens is 4. The highest BCUT2D eigenvalue weighted by molar-refractivity contribution is 6.30. The molecule has 4 rings (SSSR count). The van der Waals surface area contributed by atoms with E-state index in [0.717, 1.165) is 49.5 Å². The van der Waals surface area contributed by atoms with Gasteiger partial charge in [0.05, 0.1) is 5.69 Å². The largest absolute Gasteiger partial charge is 0.449 e. The quantitative estimate of drug-likeness (QED) is 0.705.